The minimum atomic E-state index is -0.134. The average Bonchev–Trinajstić information content (AvgIpc) is 2.42. The maximum absolute atomic E-state index is 11.7. The summed E-state index contributed by atoms with van der Waals surface area (Å²) in [4.78, 5) is 14.1. The van der Waals surface area contributed by atoms with Gasteiger partial charge < -0.3 is 20.6 Å². The van der Waals surface area contributed by atoms with Crippen LogP contribution in [0.1, 0.15) is 40.0 Å². The first-order valence-corrected chi connectivity index (χ1v) is 7.90. The van der Waals surface area contributed by atoms with Crippen molar-refractivity contribution in [1.29, 1.82) is 0 Å². The van der Waals surface area contributed by atoms with E-state index in [1.807, 2.05) is 13.8 Å². The van der Waals surface area contributed by atoms with Gasteiger partial charge in [0.25, 0.3) is 0 Å². The molecule has 5 nitrogen and oxygen atoms in total. The van der Waals surface area contributed by atoms with Gasteiger partial charge in [0.05, 0.1) is 0 Å². The third kappa shape index (κ3) is 6.57. The first-order chi connectivity index (χ1) is 9.52. The molecule has 20 heavy (non-hydrogen) atoms. The maximum Gasteiger partial charge on any atom is 0.315 e. The van der Waals surface area contributed by atoms with Crippen molar-refractivity contribution in [1.82, 2.24) is 15.5 Å². The molecule has 1 saturated heterocycles. The van der Waals surface area contributed by atoms with Crippen molar-refractivity contribution in [3.8, 4) is 0 Å². The van der Waals surface area contributed by atoms with Crippen LogP contribution in [0.15, 0.2) is 0 Å². The molecule has 1 rings (SSSR count). The first-order valence-electron chi connectivity index (χ1n) is 7.90. The fourth-order valence-electron chi connectivity index (χ4n) is 2.55. The second-order valence-electron chi connectivity index (χ2n) is 6.25. The van der Waals surface area contributed by atoms with Gasteiger partial charge in [-0.05, 0) is 51.1 Å². The maximum atomic E-state index is 11.7. The summed E-state index contributed by atoms with van der Waals surface area (Å²) in [6.07, 6.45) is 3.63. The van der Waals surface area contributed by atoms with Crippen LogP contribution in [-0.2, 0) is 0 Å². The Balaban J connectivity index is 2.07. The monoisotopic (exact) mass is 285 g/mol. The van der Waals surface area contributed by atoms with Gasteiger partial charge in [-0.15, -0.1) is 0 Å². The number of rotatable bonds is 7. The van der Waals surface area contributed by atoms with Crippen LogP contribution in [0.3, 0.4) is 0 Å². The molecule has 0 aliphatic carbocycles. The smallest absolute Gasteiger partial charge is 0.315 e. The number of aliphatic hydroxyl groups excluding tert-OH is 1. The number of hydrogen-bond acceptors (Lipinski definition) is 3. The van der Waals surface area contributed by atoms with Crippen LogP contribution in [0.25, 0.3) is 0 Å². The lowest BCUT2D eigenvalue weighted by atomic mass is 10.0. The topological polar surface area (TPSA) is 64.6 Å². The Morgan fingerprint density at radius 1 is 1.45 bits per heavy atom. The highest BCUT2D eigenvalue weighted by Gasteiger charge is 2.16. The van der Waals surface area contributed by atoms with Crippen LogP contribution < -0.4 is 10.6 Å². The van der Waals surface area contributed by atoms with E-state index < -0.39 is 0 Å². The number of amides is 2. The van der Waals surface area contributed by atoms with E-state index in [2.05, 4.69) is 22.5 Å². The molecule has 1 heterocycles. The number of urea groups is 1. The molecule has 0 bridgehead atoms. The molecule has 0 spiro atoms. The van der Waals surface area contributed by atoms with Gasteiger partial charge in [0.2, 0.25) is 0 Å². The summed E-state index contributed by atoms with van der Waals surface area (Å²) in [5.41, 5.74) is 0. The van der Waals surface area contributed by atoms with Crippen molar-refractivity contribution in [3.63, 3.8) is 0 Å². The summed E-state index contributed by atoms with van der Waals surface area (Å²) in [5, 5.41) is 14.8. The van der Waals surface area contributed by atoms with E-state index in [1.165, 1.54) is 25.9 Å². The van der Waals surface area contributed by atoms with Crippen LogP contribution in [0.5, 0.6) is 0 Å². The summed E-state index contributed by atoms with van der Waals surface area (Å²) in [7, 11) is 0. The van der Waals surface area contributed by atoms with Crippen LogP contribution in [0.2, 0.25) is 0 Å². The summed E-state index contributed by atoms with van der Waals surface area (Å²) >= 11 is 0. The van der Waals surface area contributed by atoms with Crippen LogP contribution in [-0.4, -0.2) is 54.9 Å². The number of piperidine rings is 1. The van der Waals surface area contributed by atoms with E-state index in [4.69, 9.17) is 5.11 Å². The Kier molecular flexibility index (Phi) is 7.92. The third-order valence-corrected chi connectivity index (χ3v) is 4.18. The van der Waals surface area contributed by atoms with Crippen LogP contribution in [0, 0.1) is 11.8 Å². The molecule has 0 radical (unpaired) electrons. The number of likely N-dealkylation sites (tertiary alicyclic amines) is 1. The second kappa shape index (κ2) is 9.19. The molecule has 3 N–H and O–H groups in total. The highest BCUT2D eigenvalue weighted by atomic mass is 16.3. The number of carbonyl (C=O) groups excluding carboxylic acids is 1. The van der Waals surface area contributed by atoms with Gasteiger partial charge in [-0.25, -0.2) is 4.79 Å². The Labute approximate surface area is 123 Å². The standard InChI is InChI=1S/C15H31N3O2/c1-12-6-4-8-18(10-12)9-5-7-16-15(20)17-14(3)13(2)11-19/h12-14,19H,4-11H2,1-3H3,(H2,16,17,20). The van der Waals surface area contributed by atoms with E-state index in [0.717, 1.165) is 18.9 Å². The highest BCUT2D eigenvalue weighted by molar-refractivity contribution is 5.74. The summed E-state index contributed by atoms with van der Waals surface area (Å²) in [5.74, 6) is 0.886. The molecule has 2 amide bonds. The third-order valence-electron chi connectivity index (χ3n) is 4.18. The fourth-order valence-corrected chi connectivity index (χ4v) is 2.55. The largest absolute Gasteiger partial charge is 0.396 e. The van der Waals surface area contributed by atoms with E-state index in [-0.39, 0.29) is 24.6 Å². The summed E-state index contributed by atoms with van der Waals surface area (Å²) in [6, 6.07) is -0.146. The van der Waals surface area contributed by atoms with Crippen LogP contribution >= 0.6 is 0 Å². The normalized spacial score (nSPS) is 23.1. The molecule has 0 aromatic heterocycles. The molecule has 3 atom stereocenters. The van der Waals surface area contributed by atoms with Gasteiger partial charge in [-0.3, -0.25) is 0 Å². The second-order valence-corrected chi connectivity index (χ2v) is 6.25. The molecule has 0 aromatic rings. The molecule has 5 heteroatoms. The Morgan fingerprint density at radius 2 is 2.20 bits per heavy atom. The number of nitrogens with zero attached hydrogens (tertiary/aromatic N) is 1. The van der Waals surface area contributed by atoms with Gasteiger partial charge in [-0.1, -0.05) is 13.8 Å². The van der Waals surface area contributed by atoms with Gasteiger partial charge in [0.1, 0.15) is 0 Å². The number of aliphatic hydroxyl groups is 1. The minimum absolute atomic E-state index is 0.0112. The van der Waals surface area contributed by atoms with Gasteiger partial charge in [0, 0.05) is 25.7 Å². The van der Waals surface area contributed by atoms with Crippen molar-refractivity contribution in [2.45, 2.75) is 46.1 Å². The molecule has 1 aliphatic rings. The van der Waals surface area contributed by atoms with Crippen molar-refractivity contribution >= 4 is 6.03 Å². The zero-order valence-corrected chi connectivity index (χ0v) is 13.2. The number of nitrogens with one attached hydrogen (secondary N) is 2. The number of carbonyl (C=O) groups is 1. The Morgan fingerprint density at radius 3 is 2.85 bits per heavy atom. The summed E-state index contributed by atoms with van der Waals surface area (Å²) in [6.45, 7) is 10.4. The van der Waals surface area contributed by atoms with E-state index in [0.29, 0.717) is 6.54 Å². The number of hydrogen-bond donors (Lipinski definition) is 3. The van der Waals surface area contributed by atoms with Gasteiger partial charge in [0.15, 0.2) is 0 Å². The highest BCUT2D eigenvalue weighted by Crippen LogP contribution is 2.15. The SMILES string of the molecule is CC1CCCN(CCCNC(=O)NC(C)C(C)CO)C1. The molecule has 3 unspecified atom stereocenters. The Hall–Kier alpha value is -0.810. The molecule has 1 aliphatic heterocycles. The van der Waals surface area contributed by atoms with E-state index >= 15 is 0 Å². The predicted octanol–water partition coefficient (Wildman–Crippen LogP) is 1.42. The quantitative estimate of drug-likeness (QED) is 0.620. The lowest BCUT2D eigenvalue weighted by molar-refractivity contribution is 0.181. The lowest BCUT2D eigenvalue weighted by Gasteiger charge is -2.30. The minimum Gasteiger partial charge on any atom is -0.396 e. The zero-order valence-electron chi connectivity index (χ0n) is 13.2. The molecule has 1 fully saturated rings. The fraction of sp³-hybridized carbons (Fsp3) is 0.933. The van der Waals surface area contributed by atoms with E-state index in [1.54, 1.807) is 0 Å². The Bertz CT molecular complexity index is 286. The lowest BCUT2D eigenvalue weighted by Crippen LogP contribution is -2.45. The molecule has 118 valence electrons. The summed E-state index contributed by atoms with van der Waals surface area (Å²) < 4.78 is 0. The van der Waals surface area contributed by atoms with Crippen molar-refractivity contribution in [2.75, 3.05) is 32.8 Å². The van der Waals surface area contributed by atoms with Crippen LogP contribution in [0.4, 0.5) is 4.79 Å². The molecular weight excluding hydrogens is 254 g/mol. The van der Waals surface area contributed by atoms with Crippen molar-refractivity contribution in [2.24, 2.45) is 11.8 Å². The van der Waals surface area contributed by atoms with Gasteiger partial charge in [-0.2, -0.15) is 0 Å². The van der Waals surface area contributed by atoms with E-state index in [9.17, 15) is 4.79 Å². The van der Waals surface area contributed by atoms with Crippen molar-refractivity contribution in [3.05, 3.63) is 0 Å². The molecule has 0 saturated carbocycles. The predicted molar refractivity (Wildman–Crippen MR) is 81.7 cm³/mol. The van der Waals surface area contributed by atoms with Gasteiger partial charge >= 0.3 is 6.03 Å². The molecule has 0 aromatic carbocycles. The average molecular weight is 285 g/mol. The first kappa shape index (κ1) is 17.2. The molecular formula is C15H31N3O2. The van der Waals surface area contributed by atoms with Crippen molar-refractivity contribution < 1.29 is 9.90 Å². The zero-order chi connectivity index (χ0) is 15.0.